The van der Waals surface area contributed by atoms with E-state index in [4.69, 9.17) is 0 Å². The fraction of sp³-hybridized carbons (Fsp3) is 0.188. The van der Waals surface area contributed by atoms with Gasteiger partial charge in [-0.2, -0.15) is 0 Å². The van der Waals surface area contributed by atoms with E-state index >= 15 is 0 Å². The molecule has 1 heterocycles. The molecule has 1 aromatic carbocycles. The average molecular weight is 378 g/mol. The molecule has 0 radical (unpaired) electrons. The standard InChI is InChI=1S/C16H16BrN3O3/c1-10-4-6-12(17)8-13(10)18-14(21)7-5-11-9-19(2)16(23)20(3)15(11)22/h4-9H,1-3H3,(H,18,21). The van der Waals surface area contributed by atoms with Gasteiger partial charge in [-0.1, -0.05) is 22.0 Å². The molecule has 0 unspecified atom stereocenters. The summed E-state index contributed by atoms with van der Waals surface area (Å²) in [6.07, 6.45) is 4.06. The number of aromatic nitrogens is 2. The molecule has 1 amide bonds. The quantitative estimate of drug-likeness (QED) is 0.828. The second-order valence-corrected chi connectivity index (χ2v) is 6.04. The summed E-state index contributed by atoms with van der Waals surface area (Å²) in [4.78, 5) is 35.6. The van der Waals surface area contributed by atoms with E-state index in [1.807, 2.05) is 19.1 Å². The number of carbonyl (C=O) groups excluding carboxylic acids is 1. The number of benzene rings is 1. The van der Waals surface area contributed by atoms with Gasteiger partial charge in [0.15, 0.2) is 0 Å². The molecule has 0 bridgehead atoms. The van der Waals surface area contributed by atoms with Crippen LogP contribution in [0.25, 0.3) is 6.08 Å². The van der Waals surface area contributed by atoms with Crippen LogP contribution in [0.15, 0.2) is 44.5 Å². The SMILES string of the molecule is Cc1ccc(Br)cc1NC(=O)C=Cc1cn(C)c(=O)n(C)c1=O. The normalized spacial score (nSPS) is 11.0. The van der Waals surface area contributed by atoms with E-state index in [-0.39, 0.29) is 11.5 Å². The van der Waals surface area contributed by atoms with Gasteiger partial charge in [-0.25, -0.2) is 4.79 Å². The monoisotopic (exact) mass is 377 g/mol. The highest BCUT2D eigenvalue weighted by Crippen LogP contribution is 2.20. The Labute approximate surface area is 141 Å². The third kappa shape index (κ3) is 3.87. The number of nitrogens with zero attached hydrogens (tertiary/aromatic N) is 2. The molecule has 0 saturated carbocycles. The van der Waals surface area contributed by atoms with Crippen molar-refractivity contribution in [2.75, 3.05) is 5.32 Å². The van der Waals surface area contributed by atoms with Crippen LogP contribution in [0.2, 0.25) is 0 Å². The highest BCUT2D eigenvalue weighted by atomic mass is 79.9. The summed E-state index contributed by atoms with van der Waals surface area (Å²) in [5, 5.41) is 2.75. The van der Waals surface area contributed by atoms with Gasteiger partial charge in [0, 0.05) is 36.5 Å². The van der Waals surface area contributed by atoms with Crippen molar-refractivity contribution in [1.29, 1.82) is 0 Å². The molecule has 2 rings (SSSR count). The zero-order valence-corrected chi connectivity index (χ0v) is 14.5. The molecule has 23 heavy (non-hydrogen) atoms. The fourth-order valence-electron chi connectivity index (χ4n) is 2.02. The average Bonchev–Trinajstić information content (AvgIpc) is 2.51. The third-order valence-electron chi connectivity index (χ3n) is 3.34. The number of anilines is 1. The van der Waals surface area contributed by atoms with Crippen LogP contribution in [0.4, 0.5) is 5.69 Å². The Kier molecular flexibility index (Phi) is 5.00. The lowest BCUT2D eigenvalue weighted by Gasteiger charge is -2.07. The van der Waals surface area contributed by atoms with Crippen LogP contribution < -0.4 is 16.6 Å². The summed E-state index contributed by atoms with van der Waals surface area (Å²) < 4.78 is 3.14. The fourth-order valence-corrected chi connectivity index (χ4v) is 2.38. The first-order valence-corrected chi connectivity index (χ1v) is 7.61. The molecule has 0 aliphatic heterocycles. The molecule has 120 valence electrons. The Morgan fingerprint density at radius 2 is 1.96 bits per heavy atom. The van der Waals surface area contributed by atoms with E-state index in [0.717, 1.165) is 14.6 Å². The van der Waals surface area contributed by atoms with Crippen molar-refractivity contribution in [3.05, 3.63) is 66.9 Å². The van der Waals surface area contributed by atoms with Crippen molar-refractivity contribution in [1.82, 2.24) is 9.13 Å². The lowest BCUT2D eigenvalue weighted by atomic mass is 10.2. The zero-order chi connectivity index (χ0) is 17.1. The summed E-state index contributed by atoms with van der Waals surface area (Å²) in [6, 6.07) is 5.56. The number of nitrogens with one attached hydrogen (secondary N) is 1. The van der Waals surface area contributed by atoms with Crippen LogP contribution in [0.5, 0.6) is 0 Å². The third-order valence-corrected chi connectivity index (χ3v) is 3.84. The first-order chi connectivity index (χ1) is 10.8. The number of hydrogen-bond acceptors (Lipinski definition) is 3. The summed E-state index contributed by atoms with van der Waals surface area (Å²) in [6.45, 7) is 1.88. The van der Waals surface area contributed by atoms with E-state index in [0.29, 0.717) is 5.69 Å². The molecule has 0 atom stereocenters. The largest absolute Gasteiger partial charge is 0.330 e. The zero-order valence-electron chi connectivity index (χ0n) is 13.0. The molecule has 0 saturated heterocycles. The van der Waals surface area contributed by atoms with E-state index in [1.54, 1.807) is 13.1 Å². The molecule has 2 aromatic rings. The van der Waals surface area contributed by atoms with E-state index in [2.05, 4.69) is 21.2 Å². The van der Waals surface area contributed by atoms with Gasteiger partial charge in [-0.15, -0.1) is 0 Å². The van der Waals surface area contributed by atoms with Crippen LogP contribution in [0, 0.1) is 6.92 Å². The second-order valence-electron chi connectivity index (χ2n) is 5.12. The predicted molar refractivity (Wildman–Crippen MR) is 93.5 cm³/mol. The molecule has 0 aliphatic rings. The highest BCUT2D eigenvalue weighted by Gasteiger charge is 2.06. The van der Waals surface area contributed by atoms with Crippen LogP contribution in [-0.2, 0) is 18.9 Å². The molecule has 1 N–H and O–H groups in total. The lowest BCUT2D eigenvalue weighted by molar-refractivity contribution is -0.111. The van der Waals surface area contributed by atoms with Gasteiger partial charge in [-0.3, -0.25) is 14.2 Å². The molecule has 0 fully saturated rings. The van der Waals surface area contributed by atoms with Gasteiger partial charge < -0.3 is 9.88 Å². The Bertz CT molecular complexity index is 910. The molecule has 1 aromatic heterocycles. The summed E-state index contributed by atoms with van der Waals surface area (Å²) in [7, 11) is 2.94. The number of amides is 1. The molecule has 0 spiro atoms. The van der Waals surface area contributed by atoms with Gasteiger partial charge >= 0.3 is 5.69 Å². The molecule has 6 nitrogen and oxygen atoms in total. The summed E-state index contributed by atoms with van der Waals surface area (Å²) in [5.74, 6) is -0.359. The Balaban J connectivity index is 2.24. The summed E-state index contributed by atoms with van der Waals surface area (Å²) in [5.41, 5.74) is 1.00. The van der Waals surface area contributed by atoms with Crippen molar-refractivity contribution in [3.8, 4) is 0 Å². The van der Waals surface area contributed by atoms with E-state index < -0.39 is 11.2 Å². The maximum Gasteiger partial charge on any atom is 0.330 e. The Morgan fingerprint density at radius 3 is 2.65 bits per heavy atom. The topological polar surface area (TPSA) is 73.1 Å². The van der Waals surface area contributed by atoms with Crippen LogP contribution in [0.3, 0.4) is 0 Å². The van der Waals surface area contributed by atoms with Crippen molar-refractivity contribution in [3.63, 3.8) is 0 Å². The summed E-state index contributed by atoms with van der Waals surface area (Å²) >= 11 is 3.35. The van der Waals surface area contributed by atoms with Crippen LogP contribution in [0.1, 0.15) is 11.1 Å². The van der Waals surface area contributed by atoms with Crippen LogP contribution >= 0.6 is 15.9 Å². The number of hydrogen-bond donors (Lipinski definition) is 1. The van der Waals surface area contributed by atoms with Gasteiger partial charge in [0.2, 0.25) is 5.91 Å². The Morgan fingerprint density at radius 1 is 1.26 bits per heavy atom. The van der Waals surface area contributed by atoms with Gasteiger partial charge in [0.05, 0.1) is 5.56 Å². The number of rotatable bonds is 3. The lowest BCUT2D eigenvalue weighted by Crippen LogP contribution is -2.37. The number of carbonyl (C=O) groups is 1. The molecular weight excluding hydrogens is 362 g/mol. The second kappa shape index (κ2) is 6.78. The Hall–Kier alpha value is -2.41. The minimum absolute atomic E-state index is 0.260. The molecule has 0 aliphatic carbocycles. The van der Waals surface area contributed by atoms with Crippen LogP contribution in [-0.4, -0.2) is 15.0 Å². The first-order valence-electron chi connectivity index (χ1n) is 6.81. The van der Waals surface area contributed by atoms with Crippen molar-refractivity contribution >= 4 is 33.6 Å². The predicted octanol–water partition coefficient (Wildman–Crippen LogP) is 1.81. The maximum atomic E-state index is 12.0. The van der Waals surface area contributed by atoms with Crippen molar-refractivity contribution in [2.24, 2.45) is 14.1 Å². The maximum absolute atomic E-state index is 12.0. The van der Waals surface area contributed by atoms with E-state index in [9.17, 15) is 14.4 Å². The van der Waals surface area contributed by atoms with E-state index in [1.165, 1.54) is 30.0 Å². The number of halogens is 1. The molecule has 7 heteroatoms. The smallest absolute Gasteiger partial charge is 0.322 e. The minimum Gasteiger partial charge on any atom is -0.322 e. The van der Waals surface area contributed by atoms with Crippen molar-refractivity contribution < 1.29 is 4.79 Å². The highest BCUT2D eigenvalue weighted by molar-refractivity contribution is 9.10. The van der Waals surface area contributed by atoms with Crippen molar-refractivity contribution in [2.45, 2.75) is 6.92 Å². The molecular formula is C16H16BrN3O3. The van der Waals surface area contributed by atoms with Gasteiger partial charge in [0.1, 0.15) is 0 Å². The first kappa shape index (κ1) is 17.0. The van der Waals surface area contributed by atoms with Gasteiger partial charge in [0.25, 0.3) is 5.56 Å². The van der Waals surface area contributed by atoms with Gasteiger partial charge in [-0.05, 0) is 30.7 Å². The minimum atomic E-state index is -0.448. The number of aryl methyl sites for hydroxylation is 2.